The number of para-hydroxylation sites is 1. The average Bonchev–Trinajstić information content (AvgIpc) is 3.36. The number of nitrogens with two attached hydrogens (primary N) is 2. The van der Waals surface area contributed by atoms with Crippen LogP contribution in [0, 0.1) is 11.8 Å². The van der Waals surface area contributed by atoms with Crippen LogP contribution in [0.15, 0.2) is 36.7 Å². The van der Waals surface area contributed by atoms with Gasteiger partial charge in [0.1, 0.15) is 23.5 Å². The van der Waals surface area contributed by atoms with Gasteiger partial charge in [0.25, 0.3) is 0 Å². The highest BCUT2D eigenvalue weighted by Gasteiger charge is 2.51. The summed E-state index contributed by atoms with van der Waals surface area (Å²) in [5, 5.41) is 13.4. The Balaban J connectivity index is 1.56. The van der Waals surface area contributed by atoms with Crippen LogP contribution in [0.2, 0.25) is 0 Å². The molecule has 0 spiro atoms. The number of fused-ring (bicyclic) bond motifs is 1. The number of halogens is 1. The largest absolute Gasteiger partial charge is 0.462 e. The van der Waals surface area contributed by atoms with Gasteiger partial charge in [-0.05, 0) is 38.8 Å². The topological polar surface area (TPSA) is 190 Å². The maximum Gasteiger partial charge on any atom is 0.459 e. The minimum atomic E-state index is -4.21. The number of nitrogens with one attached hydrogen (secondary N) is 1. The summed E-state index contributed by atoms with van der Waals surface area (Å²) in [6.45, 7) is 6.20. The molecule has 39 heavy (non-hydrogen) atoms. The molecule has 0 bridgehead atoms. The zero-order chi connectivity index (χ0) is 28.5. The monoisotopic (exact) mass is 565 g/mol. The minimum absolute atomic E-state index is 0.0490. The van der Waals surface area contributed by atoms with Gasteiger partial charge >= 0.3 is 13.7 Å². The number of hydrogen-bond donors (Lipinski definition) is 4. The molecular formula is C24H33FN7O6P. The van der Waals surface area contributed by atoms with Gasteiger partial charge in [0.15, 0.2) is 11.5 Å². The number of carbonyl (C=O) groups is 1. The molecule has 1 aromatic carbocycles. The van der Waals surface area contributed by atoms with E-state index in [1.807, 2.05) is 0 Å². The van der Waals surface area contributed by atoms with E-state index in [4.69, 9.17) is 25.3 Å². The summed E-state index contributed by atoms with van der Waals surface area (Å²) in [5.74, 6) is -1.84. The smallest absolute Gasteiger partial charge is 0.459 e. The van der Waals surface area contributed by atoms with Gasteiger partial charge in [0, 0.05) is 5.92 Å². The highest BCUT2D eigenvalue weighted by Crippen LogP contribution is 2.49. The van der Waals surface area contributed by atoms with Gasteiger partial charge in [-0.2, -0.15) is 15.1 Å². The Kier molecular flexibility index (Phi) is 8.40. The van der Waals surface area contributed by atoms with E-state index in [-0.39, 0.29) is 41.4 Å². The van der Waals surface area contributed by atoms with Crippen LogP contribution in [0.5, 0.6) is 5.75 Å². The number of nitrogen functional groups attached to an aromatic ring is 2. The summed E-state index contributed by atoms with van der Waals surface area (Å²) < 4.78 is 47.3. The summed E-state index contributed by atoms with van der Waals surface area (Å²) in [6.07, 6.45) is -2.25. The van der Waals surface area contributed by atoms with Gasteiger partial charge in [-0.25, -0.2) is 13.9 Å². The molecule has 6 N–H and O–H groups in total. The molecule has 1 fully saturated rings. The van der Waals surface area contributed by atoms with E-state index in [2.05, 4.69) is 20.0 Å². The second-order valence-electron chi connectivity index (χ2n) is 9.77. The third kappa shape index (κ3) is 6.14. The predicted octanol–water partition coefficient (Wildman–Crippen LogP) is 2.63. The zero-order valence-electron chi connectivity index (χ0n) is 22.0. The number of nitrogens with zero attached hydrogens (tertiary/aromatic N) is 4. The third-order valence-electron chi connectivity index (χ3n) is 6.56. The van der Waals surface area contributed by atoms with Crippen molar-refractivity contribution in [2.45, 2.75) is 58.2 Å². The standard InChI is InChI=1S/C24H33FN7O6P/c1-12(2)37-23(34)14(4)31-39(35,38-15-8-6-5-7-9-15)36-10-16-13(3)19(17(25)20(16)33)32-11-28-18-21(26)29-24(27)30-22(18)32/h5-9,11-14,16-17,19-20,33H,10H2,1-4H3,(H,31,35)(H4,26,27,29,30)/t13-,14-,16-,17-,19+,20+,39-/m0/s1. The van der Waals surface area contributed by atoms with Gasteiger partial charge in [-0.15, -0.1) is 0 Å². The van der Waals surface area contributed by atoms with Crippen molar-refractivity contribution in [3.63, 3.8) is 0 Å². The Bertz CT molecular complexity index is 1360. The molecule has 0 unspecified atom stereocenters. The lowest BCUT2D eigenvalue weighted by Gasteiger charge is -2.26. The fraction of sp³-hybridized carbons (Fsp3) is 0.500. The van der Waals surface area contributed by atoms with E-state index in [1.54, 1.807) is 51.1 Å². The van der Waals surface area contributed by atoms with E-state index in [1.165, 1.54) is 17.8 Å². The van der Waals surface area contributed by atoms with Crippen molar-refractivity contribution >= 4 is 36.6 Å². The number of hydrogen-bond acceptors (Lipinski definition) is 11. The second-order valence-corrected chi connectivity index (χ2v) is 11.5. The number of aromatic nitrogens is 4. The molecule has 3 aromatic rings. The Morgan fingerprint density at radius 1 is 1.23 bits per heavy atom. The molecule has 0 amide bonds. The molecule has 15 heteroatoms. The number of imidazole rings is 1. The van der Waals surface area contributed by atoms with Crippen LogP contribution in [-0.4, -0.2) is 61.6 Å². The lowest BCUT2D eigenvalue weighted by molar-refractivity contribution is -0.149. The van der Waals surface area contributed by atoms with Gasteiger partial charge in [0.05, 0.1) is 31.2 Å². The van der Waals surface area contributed by atoms with E-state index in [0.717, 1.165) is 0 Å². The van der Waals surface area contributed by atoms with Crippen LogP contribution < -0.4 is 21.1 Å². The molecule has 7 atom stereocenters. The Labute approximate surface area is 224 Å². The number of esters is 1. The molecule has 0 aliphatic heterocycles. The quantitative estimate of drug-likeness (QED) is 0.208. The zero-order valence-corrected chi connectivity index (χ0v) is 22.9. The maximum atomic E-state index is 15.5. The van der Waals surface area contributed by atoms with Gasteiger partial charge in [-0.1, -0.05) is 25.1 Å². The number of alkyl halides is 1. The van der Waals surface area contributed by atoms with E-state index < -0.39 is 49.9 Å². The summed E-state index contributed by atoms with van der Waals surface area (Å²) in [4.78, 5) is 24.6. The molecular weight excluding hydrogens is 532 g/mol. The lowest BCUT2D eigenvalue weighted by Crippen LogP contribution is -2.37. The van der Waals surface area contributed by atoms with E-state index in [9.17, 15) is 14.5 Å². The summed E-state index contributed by atoms with van der Waals surface area (Å²) in [7, 11) is -4.21. The van der Waals surface area contributed by atoms with Crippen molar-refractivity contribution in [1.82, 2.24) is 24.6 Å². The van der Waals surface area contributed by atoms with Gasteiger partial charge in [0.2, 0.25) is 5.95 Å². The van der Waals surface area contributed by atoms with E-state index in [0.29, 0.717) is 0 Å². The first-order valence-electron chi connectivity index (χ1n) is 12.5. The van der Waals surface area contributed by atoms with E-state index >= 15 is 4.39 Å². The van der Waals surface area contributed by atoms with Crippen molar-refractivity contribution in [2.24, 2.45) is 11.8 Å². The van der Waals surface area contributed by atoms with Crippen LogP contribution in [0.3, 0.4) is 0 Å². The fourth-order valence-corrected chi connectivity index (χ4v) is 6.17. The van der Waals surface area contributed by atoms with Crippen molar-refractivity contribution < 1.29 is 32.6 Å². The van der Waals surface area contributed by atoms with Crippen molar-refractivity contribution in [2.75, 3.05) is 18.1 Å². The average molecular weight is 566 g/mol. The fourth-order valence-electron chi connectivity index (χ4n) is 4.64. The van der Waals surface area contributed by atoms with Crippen LogP contribution in [0.1, 0.15) is 33.7 Å². The Morgan fingerprint density at radius 3 is 2.59 bits per heavy atom. The molecule has 1 saturated carbocycles. The number of anilines is 2. The van der Waals surface area contributed by atoms with Crippen LogP contribution in [0.25, 0.3) is 11.2 Å². The predicted molar refractivity (Wildman–Crippen MR) is 141 cm³/mol. The maximum absolute atomic E-state index is 15.5. The second kappa shape index (κ2) is 11.4. The molecule has 0 radical (unpaired) electrons. The highest BCUT2D eigenvalue weighted by molar-refractivity contribution is 7.52. The normalized spacial score (nSPS) is 25.5. The molecule has 2 heterocycles. The SMILES string of the molecule is CC(C)OC(=O)[C@H](C)N[P@](=O)(OC[C@H]1[C@H](C)[C@@H](n2cnc3c(N)nc(N)nc32)[C@H](F)[C@@H]1O)Oc1ccccc1. The van der Waals surface area contributed by atoms with Crippen molar-refractivity contribution in [3.05, 3.63) is 36.7 Å². The number of ether oxygens (including phenoxy) is 1. The summed E-state index contributed by atoms with van der Waals surface area (Å²) in [6, 6.07) is 6.28. The first-order valence-corrected chi connectivity index (χ1v) is 14.0. The van der Waals surface area contributed by atoms with Crippen LogP contribution in [-0.2, 0) is 18.6 Å². The van der Waals surface area contributed by atoms with Crippen LogP contribution in [0.4, 0.5) is 16.2 Å². The lowest BCUT2D eigenvalue weighted by atomic mass is 9.95. The van der Waals surface area contributed by atoms with Crippen LogP contribution >= 0.6 is 7.75 Å². The minimum Gasteiger partial charge on any atom is -0.462 e. The summed E-state index contributed by atoms with van der Waals surface area (Å²) in [5.41, 5.74) is 12.1. The Hall–Kier alpha value is -3.32. The number of benzene rings is 1. The highest BCUT2D eigenvalue weighted by atomic mass is 31.2. The molecule has 1 aliphatic rings. The number of carbonyl (C=O) groups excluding carboxylic acids is 1. The first-order chi connectivity index (χ1) is 18.4. The molecule has 2 aromatic heterocycles. The molecule has 212 valence electrons. The number of aliphatic hydroxyl groups excluding tert-OH is 1. The van der Waals surface area contributed by atoms with Gasteiger partial charge in [-0.3, -0.25) is 9.32 Å². The van der Waals surface area contributed by atoms with Crippen molar-refractivity contribution in [3.8, 4) is 5.75 Å². The number of aliphatic hydroxyl groups is 1. The third-order valence-corrected chi connectivity index (χ3v) is 8.20. The van der Waals surface area contributed by atoms with Crippen molar-refractivity contribution in [1.29, 1.82) is 0 Å². The molecule has 0 saturated heterocycles. The molecule has 13 nitrogen and oxygen atoms in total. The molecule has 4 rings (SSSR count). The van der Waals surface area contributed by atoms with Gasteiger partial charge < -0.3 is 30.4 Å². The summed E-state index contributed by atoms with van der Waals surface area (Å²) >= 11 is 0. The molecule has 1 aliphatic carbocycles. The Morgan fingerprint density at radius 2 is 1.92 bits per heavy atom. The number of rotatable bonds is 10. The first kappa shape index (κ1) is 28.7.